The highest BCUT2D eigenvalue weighted by Gasteiger charge is 2.06. The van der Waals surface area contributed by atoms with Gasteiger partial charge in [-0.25, -0.2) is 4.98 Å². The lowest BCUT2D eigenvalue weighted by atomic mass is 10.4. The van der Waals surface area contributed by atoms with Gasteiger partial charge in [-0.2, -0.15) is 0 Å². The zero-order valence-corrected chi connectivity index (χ0v) is 9.34. The van der Waals surface area contributed by atoms with E-state index < -0.39 is 0 Å². The van der Waals surface area contributed by atoms with Crippen LogP contribution in [0.1, 0.15) is 13.3 Å². The molecular formula is C8H9Cl3N2. The third-order valence-corrected chi connectivity index (χ3v) is 2.39. The predicted octanol–water partition coefficient (Wildman–Crippen LogP) is 3.86. The number of anilines is 1. The molecule has 0 aliphatic heterocycles. The number of rotatable bonds is 3. The summed E-state index contributed by atoms with van der Waals surface area (Å²) in [5.41, 5.74) is 0. The largest absolute Gasteiger partial charge is 0.369 e. The first-order valence-corrected chi connectivity index (χ1v) is 5.04. The van der Waals surface area contributed by atoms with Crippen molar-refractivity contribution in [1.29, 1.82) is 0 Å². The summed E-state index contributed by atoms with van der Waals surface area (Å²) in [6, 6.07) is 1.58. The standard InChI is InChI=1S/C8H9Cl3N2/c1-2-3-12-8-6(10)4-5(9)7(11)13-8/h4H,2-3H2,1H3,(H,12,13). The Hall–Kier alpha value is -0.180. The summed E-state index contributed by atoms with van der Waals surface area (Å²) in [7, 11) is 0. The lowest BCUT2D eigenvalue weighted by Gasteiger charge is -2.06. The minimum absolute atomic E-state index is 0.268. The number of nitrogens with one attached hydrogen (secondary N) is 1. The van der Waals surface area contributed by atoms with Crippen molar-refractivity contribution < 1.29 is 0 Å². The summed E-state index contributed by atoms with van der Waals surface area (Å²) in [6.45, 7) is 2.86. The Morgan fingerprint density at radius 1 is 1.31 bits per heavy atom. The van der Waals surface area contributed by atoms with Crippen LogP contribution in [0.25, 0.3) is 0 Å². The van der Waals surface area contributed by atoms with Crippen LogP contribution in [0.2, 0.25) is 15.2 Å². The third kappa shape index (κ3) is 2.90. The maximum atomic E-state index is 5.87. The van der Waals surface area contributed by atoms with Gasteiger partial charge in [0.25, 0.3) is 0 Å². The van der Waals surface area contributed by atoms with Gasteiger partial charge in [-0.05, 0) is 12.5 Å². The van der Waals surface area contributed by atoms with Crippen LogP contribution in [0.4, 0.5) is 5.82 Å². The van der Waals surface area contributed by atoms with Crippen molar-refractivity contribution in [3.63, 3.8) is 0 Å². The molecule has 0 spiro atoms. The predicted molar refractivity (Wildman–Crippen MR) is 58.0 cm³/mol. The number of halogens is 3. The van der Waals surface area contributed by atoms with E-state index in [4.69, 9.17) is 34.8 Å². The van der Waals surface area contributed by atoms with Crippen LogP contribution in [0.3, 0.4) is 0 Å². The summed E-state index contributed by atoms with van der Waals surface area (Å²) < 4.78 is 0. The molecular weight excluding hydrogens is 230 g/mol. The van der Waals surface area contributed by atoms with Crippen molar-refractivity contribution in [2.45, 2.75) is 13.3 Å². The Balaban J connectivity index is 2.88. The molecule has 0 bridgehead atoms. The topological polar surface area (TPSA) is 24.9 Å². The molecule has 0 unspecified atom stereocenters. The zero-order chi connectivity index (χ0) is 9.84. The molecule has 1 aromatic heterocycles. The van der Waals surface area contributed by atoms with E-state index in [2.05, 4.69) is 17.2 Å². The van der Waals surface area contributed by atoms with E-state index in [0.29, 0.717) is 15.9 Å². The normalized spacial score (nSPS) is 10.2. The number of nitrogens with zero attached hydrogens (tertiary/aromatic N) is 1. The molecule has 0 aliphatic rings. The molecule has 72 valence electrons. The first-order chi connectivity index (χ1) is 6.15. The van der Waals surface area contributed by atoms with E-state index in [9.17, 15) is 0 Å². The van der Waals surface area contributed by atoms with Crippen molar-refractivity contribution >= 4 is 40.6 Å². The Kier molecular flexibility index (Phi) is 4.10. The van der Waals surface area contributed by atoms with Crippen LogP contribution in [0.5, 0.6) is 0 Å². The second-order valence-corrected chi connectivity index (χ2v) is 3.69. The molecule has 1 rings (SSSR count). The third-order valence-electron chi connectivity index (χ3n) is 1.43. The first kappa shape index (κ1) is 10.9. The quantitative estimate of drug-likeness (QED) is 0.810. The van der Waals surface area contributed by atoms with Crippen LogP contribution in [0, 0.1) is 0 Å². The fraction of sp³-hybridized carbons (Fsp3) is 0.375. The Bertz CT molecular complexity index is 302. The van der Waals surface area contributed by atoms with Crippen LogP contribution in [-0.4, -0.2) is 11.5 Å². The molecule has 1 aromatic rings. The van der Waals surface area contributed by atoms with Crippen molar-refractivity contribution in [2.24, 2.45) is 0 Å². The highest BCUT2D eigenvalue weighted by atomic mass is 35.5. The van der Waals surface area contributed by atoms with Crippen molar-refractivity contribution in [3.05, 3.63) is 21.3 Å². The molecule has 1 heterocycles. The van der Waals surface area contributed by atoms with Gasteiger partial charge in [0.2, 0.25) is 0 Å². The van der Waals surface area contributed by atoms with Gasteiger partial charge in [-0.15, -0.1) is 0 Å². The van der Waals surface area contributed by atoms with Gasteiger partial charge in [-0.3, -0.25) is 0 Å². The minimum Gasteiger partial charge on any atom is -0.369 e. The summed E-state index contributed by atoms with van der Waals surface area (Å²) in [5.74, 6) is 0.581. The Morgan fingerprint density at radius 3 is 2.62 bits per heavy atom. The molecule has 13 heavy (non-hydrogen) atoms. The van der Waals surface area contributed by atoms with Gasteiger partial charge in [0.05, 0.1) is 10.0 Å². The van der Waals surface area contributed by atoms with Gasteiger partial charge in [0, 0.05) is 6.54 Å². The fourth-order valence-electron chi connectivity index (χ4n) is 0.812. The smallest absolute Gasteiger partial charge is 0.150 e. The maximum Gasteiger partial charge on any atom is 0.150 e. The lowest BCUT2D eigenvalue weighted by Crippen LogP contribution is -2.02. The molecule has 0 radical (unpaired) electrons. The second kappa shape index (κ2) is 4.89. The number of hydrogen-bond acceptors (Lipinski definition) is 2. The molecule has 1 N–H and O–H groups in total. The van der Waals surface area contributed by atoms with Gasteiger partial charge < -0.3 is 5.32 Å². The highest BCUT2D eigenvalue weighted by molar-refractivity contribution is 6.42. The number of pyridine rings is 1. The zero-order valence-electron chi connectivity index (χ0n) is 7.07. The van der Waals surface area contributed by atoms with Gasteiger partial charge in [0.15, 0.2) is 0 Å². The van der Waals surface area contributed by atoms with Crippen molar-refractivity contribution in [3.8, 4) is 0 Å². The summed E-state index contributed by atoms with van der Waals surface area (Å²) in [4.78, 5) is 4.00. The molecule has 2 nitrogen and oxygen atoms in total. The molecule has 0 saturated heterocycles. The first-order valence-electron chi connectivity index (χ1n) is 3.90. The summed E-state index contributed by atoms with van der Waals surface area (Å²) in [5, 5.41) is 4.17. The summed E-state index contributed by atoms with van der Waals surface area (Å²) >= 11 is 17.3. The molecule has 0 atom stereocenters. The molecule has 0 aliphatic carbocycles. The van der Waals surface area contributed by atoms with Crippen LogP contribution in [0.15, 0.2) is 6.07 Å². The number of hydrogen-bond donors (Lipinski definition) is 1. The Labute approximate surface area is 92.2 Å². The molecule has 0 aromatic carbocycles. The van der Waals surface area contributed by atoms with Crippen molar-refractivity contribution in [1.82, 2.24) is 4.98 Å². The van der Waals surface area contributed by atoms with E-state index in [0.717, 1.165) is 13.0 Å². The van der Waals surface area contributed by atoms with E-state index in [1.807, 2.05) is 0 Å². The van der Waals surface area contributed by atoms with Gasteiger partial charge in [-0.1, -0.05) is 41.7 Å². The van der Waals surface area contributed by atoms with Crippen LogP contribution >= 0.6 is 34.8 Å². The number of aromatic nitrogens is 1. The van der Waals surface area contributed by atoms with Gasteiger partial charge in [0.1, 0.15) is 11.0 Å². The second-order valence-electron chi connectivity index (χ2n) is 2.52. The van der Waals surface area contributed by atoms with E-state index in [1.165, 1.54) is 0 Å². The fourth-order valence-corrected chi connectivity index (χ4v) is 1.38. The van der Waals surface area contributed by atoms with E-state index in [1.54, 1.807) is 6.07 Å². The monoisotopic (exact) mass is 238 g/mol. The van der Waals surface area contributed by atoms with Crippen molar-refractivity contribution in [2.75, 3.05) is 11.9 Å². The SMILES string of the molecule is CCCNc1nc(Cl)c(Cl)cc1Cl. The molecule has 0 fully saturated rings. The van der Waals surface area contributed by atoms with E-state index in [-0.39, 0.29) is 5.15 Å². The molecule has 0 amide bonds. The van der Waals surface area contributed by atoms with E-state index >= 15 is 0 Å². The van der Waals surface area contributed by atoms with Crippen LogP contribution in [-0.2, 0) is 0 Å². The van der Waals surface area contributed by atoms with Crippen LogP contribution < -0.4 is 5.32 Å². The average molecular weight is 240 g/mol. The van der Waals surface area contributed by atoms with Gasteiger partial charge >= 0.3 is 0 Å². The molecule has 5 heteroatoms. The minimum atomic E-state index is 0.268. The lowest BCUT2D eigenvalue weighted by molar-refractivity contribution is 0.969. The Morgan fingerprint density at radius 2 is 2.00 bits per heavy atom. The summed E-state index contributed by atoms with van der Waals surface area (Å²) in [6.07, 6.45) is 0.998. The highest BCUT2D eigenvalue weighted by Crippen LogP contribution is 2.28. The maximum absolute atomic E-state index is 5.87. The molecule has 0 saturated carbocycles. The average Bonchev–Trinajstić information content (AvgIpc) is 2.09.